The van der Waals surface area contributed by atoms with Crippen molar-refractivity contribution in [1.82, 2.24) is 0 Å². The monoisotopic (exact) mass is 294 g/mol. The lowest BCUT2D eigenvalue weighted by Crippen LogP contribution is -2.20. The molecule has 0 fully saturated rings. The number of unbranched alkanes of at least 4 members (excludes halogenated alkanes) is 1. The highest BCUT2D eigenvalue weighted by atomic mass is 16.6. The maximum Gasteiger partial charge on any atom is 0.337 e. The molecule has 0 spiro atoms. The summed E-state index contributed by atoms with van der Waals surface area (Å²) >= 11 is 0. The van der Waals surface area contributed by atoms with Crippen LogP contribution < -0.4 is 4.74 Å². The zero-order chi connectivity index (χ0) is 15.5. The smallest absolute Gasteiger partial charge is 0.337 e. The molecule has 114 valence electrons. The number of rotatable bonds is 9. The van der Waals surface area contributed by atoms with Crippen LogP contribution in [0.25, 0.3) is 0 Å². The van der Waals surface area contributed by atoms with Crippen molar-refractivity contribution in [3.63, 3.8) is 0 Å². The second kappa shape index (κ2) is 9.66. The molecular weight excluding hydrogens is 276 g/mol. The predicted octanol–water partition coefficient (Wildman–Crippen LogP) is 1.76. The van der Waals surface area contributed by atoms with Crippen molar-refractivity contribution in [2.24, 2.45) is 0 Å². The molecule has 0 heterocycles. The largest absolute Gasteiger partial charge is 0.464 e. The molecule has 0 N–H and O–H groups in total. The number of esters is 2. The average molecular weight is 294 g/mol. The number of hydrogen-bond acceptors (Lipinski definition) is 6. The molecule has 0 bridgehead atoms. The summed E-state index contributed by atoms with van der Waals surface area (Å²) in [5.41, 5.74) is 0.268. The topological polar surface area (TPSA) is 78.9 Å². The minimum atomic E-state index is -0.689. The van der Waals surface area contributed by atoms with Crippen molar-refractivity contribution in [2.75, 3.05) is 19.8 Å². The number of aldehydes is 1. The maximum absolute atomic E-state index is 11.5. The molecule has 0 radical (unpaired) electrons. The lowest BCUT2D eigenvalue weighted by atomic mass is 10.2. The molecule has 0 unspecified atom stereocenters. The van der Waals surface area contributed by atoms with E-state index in [2.05, 4.69) is 0 Å². The number of hydrogen-bond donors (Lipinski definition) is 0. The van der Waals surface area contributed by atoms with E-state index < -0.39 is 18.5 Å². The normalized spacial score (nSPS) is 9.95. The Morgan fingerprint density at radius 3 is 2.57 bits per heavy atom. The summed E-state index contributed by atoms with van der Waals surface area (Å²) in [6, 6.07) is 6.33. The standard InChI is InChI=1S/C15H18O6/c1-2-3-8-20-14(17)10-19-11-15(18)21-13-7-5-4-6-12(13)9-16/h4-7,9H,2-3,8,10-11H2,1H3. The fourth-order valence-electron chi connectivity index (χ4n) is 1.41. The van der Waals surface area contributed by atoms with Gasteiger partial charge in [0.15, 0.2) is 6.29 Å². The van der Waals surface area contributed by atoms with Gasteiger partial charge in [0.1, 0.15) is 19.0 Å². The second-order valence-electron chi connectivity index (χ2n) is 4.20. The molecule has 0 aliphatic carbocycles. The third kappa shape index (κ3) is 6.67. The Bertz CT molecular complexity index is 483. The highest BCUT2D eigenvalue weighted by Crippen LogP contribution is 2.15. The predicted molar refractivity (Wildman–Crippen MR) is 74.2 cm³/mol. The van der Waals surface area contributed by atoms with Crippen molar-refractivity contribution in [2.45, 2.75) is 19.8 Å². The summed E-state index contributed by atoms with van der Waals surface area (Å²) in [6.07, 6.45) is 2.31. The molecule has 6 heteroatoms. The first-order valence-electron chi connectivity index (χ1n) is 6.65. The zero-order valence-corrected chi connectivity index (χ0v) is 11.9. The van der Waals surface area contributed by atoms with Crippen LogP contribution in [-0.4, -0.2) is 38.0 Å². The van der Waals surface area contributed by atoms with Gasteiger partial charge in [-0.15, -0.1) is 0 Å². The van der Waals surface area contributed by atoms with Gasteiger partial charge >= 0.3 is 11.9 Å². The van der Waals surface area contributed by atoms with E-state index in [4.69, 9.17) is 14.2 Å². The molecule has 0 saturated carbocycles. The quantitative estimate of drug-likeness (QED) is 0.299. The molecule has 1 aromatic rings. The van der Waals surface area contributed by atoms with E-state index in [9.17, 15) is 14.4 Å². The SMILES string of the molecule is CCCCOC(=O)COCC(=O)Oc1ccccc1C=O. The number of para-hydroxylation sites is 1. The van der Waals surface area contributed by atoms with Crippen LogP contribution in [0.15, 0.2) is 24.3 Å². The summed E-state index contributed by atoms with van der Waals surface area (Å²) in [6.45, 7) is 1.62. The highest BCUT2D eigenvalue weighted by molar-refractivity contribution is 5.82. The van der Waals surface area contributed by atoms with E-state index in [0.29, 0.717) is 12.9 Å². The molecule has 0 aromatic heterocycles. The lowest BCUT2D eigenvalue weighted by molar-refractivity contribution is -0.152. The number of carbonyl (C=O) groups is 3. The van der Waals surface area contributed by atoms with Gasteiger partial charge in [0.05, 0.1) is 12.2 Å². The van der Waals surface area contributed by atoms with Gasteiger partial charge in [-0.2, -0.15) is 0 Å². The number of benzene rings is 1. The van der Waals surface area contributed by atoms with Crippen molar-refractivity contribution in [1.29, 1.82) is 0 Å². The first kappa shape index (κ1) is 16.8. The molecule has 0 saturated heterocycles. The summed E-state index contributed by atoms with van der Waals surface area (Å²) in [4.78, 5) is 33.5. The van der Waals surface area contributed by atoms with E-state index in [1.165, 1.54) is 12.1 Å². The first-order chi connectivity index (χ1) is 10.2. The zero-order valence-electron chi connectivity index (χ0n) is 11.9. The summed E-state index contributed by atoms with van der Waals surface area (Å²) < 4.78 is 14.7. The molecule has 6 nitrogen and oxygen atoms in total. The minimum absolute atomic E-state index is 0.159. The Kier molecular flexibility index (Phi) is 7.74. The molecule has 1 aromatic carbocycles. The van der Waals surface area contributed by atoms with Gasteiger partial charge in [0.2, 0.25) is 0 Å². The van der Waals surface area contributed by atoms with E-state index >= 15 is 0 Å². The lowest BCUT2D eigenvalue weighted by Gasteiger charge is -2.07. The van der Waals surface area contributed by atoms with Gasteiger partial charge in [-0.3, -0.25) is 4.79 Å². The number of ether oxygens (including phenoxy) is 3. The van der Waals surface area contributed by atoms with Crippen molar-refractivity contribution < 1.29 is 28.6 Å². The minimum Gasteiger partial charge on any atom is -0.464 e. The second-order valence-corrected chi connectivity index (χ2v) is 4.20. The van der Waals surface area contributed by atoms with Crippen LogP contribution in [0.5, 0.6) is 5.75 Å². The van der Waals surface area contributed by atoms with Crippen LogP contribution in [0.4, 0.5) is 0 Å². The Balaban J connectivity index is 2.28. The van der Waals surface area contributed by atoms with Crippen LogP contribution in [0.3, 0.4) is 0 Å². The molecule has 0 amide bonds. The molecule has 21 heavy (non-hydrogen) atoms. The van der Waals surface area contributed by atoms with Crippen LogP contribution in [0, 0.1) is 0 Å². The summed E-state index contributed by atoms with van der Waals surface area (Å²) in [7, 11) is 0. The van der Waals surface area contributed by atoms with Gasteiger partial charge in [-0.1, -0.05) is 25.5 Å². The van der Waals surface area contributed by atoms with Gasteiger partial charge < -0.3 is 14.2 Å². The Morgan fingerprint density at radius 2 is 1.86 bits per heavy atom. The Hall–Kier alpha value is -2.21. The Morgan fingerprint density at radius 1 is 1.14 bits per heavy atom. The molecule has 1 rings (SSSR count). The van der Waals surface area contributed by atoms with Crippen LogP contribution in [-0.2, 0) is 19.1 Å². The highest BCUT2D eigenvalue weighted by Gasteiger charge is 2.10. The van der Waals surface area contributed by atoms with Crippen molar-refractivity contribution in [3.8, 4) is 5.75 Å². The van der Waals surface area contributed by atoms with Crippen molar-refractivity contribution in [3.05, 3.63) is 29.8 Å². The average Bonchev–Trinajstić information content (AvgIpc) is 2.48. The first-order valence-corrected chi connectivity index (χ1v) is 6.65. The molecule has 0 aliphatic rings. The molecule has 0 atom stereocenters. The Labute approximate surface area is 123 Å². The van der Waals surface area contributed by atoms with Crippen molar-refractivity contribution >= 4 is 18.2 Å². The van der Waals surface area contributed by atoms with Gasteiger partial charge in [0.25, 0.3) is 0 Å². The van der Waals surface area contributed by atoms with E-state index in [1.807, 2.05) is 6.92 Å². The van der Waals surface area contributed by atoms with E-state index in [1.54, 1.807) is 12.1 Å². The van der Waals surface area contributed by atoms with E-state index in [-0.39, 0.29) is 17.9 Å². The molecular formula is C15H18O6. The van der Waals surface area contributed by atoms with Crippen LogP contribution in [0.2, 0.25) is 0 Å². The fourth-order valence-corrected chi connectivity index (χ4v) is 1.41. The maximum atomic E-state index is 11.5. The van der Waals surface area contributed by atoms with Gasteiger partial charge in [-0.25, -0.2) is 9.59 Å². The van der Waals surface area contributed by atoms with Crippen LogP contribution in [0.1, 0.15) is 30.1 Å². The molecule has 0 aliphatic heterocycles. The summed E-state index contributed by atoms with van der Waals surface area (Å²) in [5, 5.41) is 0. The van der Waals surface area contributed by atoms with Gasteiger partial charge in [0, 0.05) is 0 Å². The number of carbonyl (C=O) groups excluding carboxylic acids is 3. The third-order valence-corrected chi connectivity index (χ3v) is 2.47. The van der Waals surface area contributed by atoms with E-state index in [0.717, 1.165) is 12.8 Å². The fraction of sp³-hybridized carbons (Fsp3) is 0.400. The van der Waals surface area contributed by atoms with Crippen LogP contribution >= 0.6 is 0 Å². The summed E-state index contributed by atoms with van der Waals surface area (Å²) in [5.74, 6) is -1.05. The van der Waals surface area contributed by atoms with Gasteiger partial charge in [-0.05, 0) is 18.6 Å². The third-order valence-electron chi connectivity index (χ3n) is 2.47.